The van der Waals surface area contributed by atoms with Crippen molar-refractivity contribution >= 4 is 17.7 Å². The molecular weight excluding hydrogens is 322 g/mol. The fraction of sp³-hybridized carbons (Fsp3) is 0.611. The van der Waals surface area contributed by atoms with Gasteiger partial charge in [0, 0.05) is 30.2 Å². The van der Waals surface area contributed by atoms with Gasteiger partial charge in [0.1, 0.15) is 0 Å². The van der Waals surface area contributed by atoms with E-state index in [-0.39, 0.29) is 0 Å². The summed E-state index contributed by atoms with van der Waals surface area (Å²) in [6.45, 7) is 2.47. The van der Waals surface area contributed by atoms with Crippen molar-refractivity contribution in [1.82, 2.24) is 4.90 Å². The average molecular weight is 350 g/mol. The van der Waals surface area contributed by atoms with E-state index in [1.54, 1.807) is 7.11 Å². The topological polar surface area (TPSA) is 60.1 Å². The van der Waals surface area contributed by atoms with E-state index in [4.69, 9.17) is 15.2 Å². The van der Waals surface area contributed by atoms with Crippen LogP contribution in [-0.4, -0.2) is 48.7 Å². The lowest BCUT2D eigenvalue weighted by atomic mass is 10.1. The van der Waals surface area contributed by atoms with Crippen molar-refractivity contribution in [3.8, 4) is 11.5 Å². The monoisotopic (exact) mass is 349 g/mol. The molecule has 1 saturated carbocycles. The highest BCUT2D eigenvalue weighted by Crippen LogP contribution is 2.35. The van der Waals surface area contributed by atoms with Crippen molar-refractivity contribution in [2.24, 2.45) is 10.7 Å². The summed E-state index contributed by atoms with van der Waals surface area (Å²) in [6, 6.07) is 5.98. The Morgan fingerprint density at radius 3 is 2.75 bits per heavy atom. The number of hydrogen-bond acceptors (Lipinski definition) is 4. The molecule has 0 aromatic heterocycles. The van der Waals surface area contributed by atoms with Crippen LogP contribution < -0.4 is 15.2 Å². The maximum Gasteiger partial charge on any atom is 0.191 e. The van der Waals surface area contributed by atoms with Crippen LogP contribution in [0.3, 0.4) is 0 Å². The van der Waals surface area contributed by atoms with Crippen molar-refractivity contribution in [2.45, 2.75) is 38.3 Å². The second-order valence-corrected chi connectivity index (χ2v) is 7.47. The number of nitrogens with two attached hydrogens (primary N) is 1. The van der Waals surface area contributed by atoms with Gasteiger partial charge < -0.3 is 20.1 Å². The fourth-order valence-electron chi connectivity index (χ4n) is 3.21. The fourth-order valence-corrected chi connectivity index (χ4v) is 4.11. The summed E-state index contributed by atoms with van der Waals surface area (Å²) < 4.78 is 11.8. The summed E-state index contributed by atoms with van der Waals surface area (Å²) in [5.74, 6) is 4.47. The molecule has 1 heterocycles. The number of benzene rings is 1. The predicted molar refractivity (Wildman–Crippen MR) is 100 cm³/mol. The number of aliphatic imine (C=N–C) groups is 1. The second-order valence-electron chi connectivity index (χ2n) is 6.25. The quantitative estimate of drug-likeness (QED) is 0.654. The van der Waals surface area contributed by atoms with Crippen molar-refractivity contribution in [3.63, 3.8) is 0 Å². The molecule has 0 atom stereocenters. The number of hydrogen-bond donors (Lipinski definition) is 1. The first-order valence-corrected chi connectivity index (χ1v) is 9.88. The molecule has 1 saturated heterocycles. The van der Waals surface area contributed by atoms with E-state index >= 15 is 0 Å². The van der Waals surface area contributed by atoms with Crippen molar-refractivity contribution in [2.75, 3.05) is 31.7 Å². The van der Waals surface area contributed by atoms with Crippen molar-refractivity contribution in [1.29, 1.82) is 0 Å². The zero-order valence-electron chi connectivity index (χ0n) is 14.4. The molecule has 1 aliphatic heterocycles. The molecule has 0 unspecified atom stereocenters. The first-order chi connectivity index (χ1) is 11.8. The van der Waals surface area contributed by atoms with Gasteiger partial charge in [0.2, 0.25) is 0 Å². The van der Waals surface area contributed by atoms with Crippen LogP contribution in [0.5, 0.6) is 11.5 Å². The largest absolute Gasteiger partial charge is 0.493 e. The molecule has 1 aromatic rings. The van der Waals surface area contributed by atoms with Gasteiger partial charge in [-0.15, -0.1) is 0 Å². The third-order valence-electron chi connectivity index (χ3n) is 4.61. The van der Waals surface area contributed by atoms with Crippen molar-refractivity contribution < 1.29 is 9.47 Å². The Morgan fingerprint density at radius 1 is 1.29 bits per heavy atom. The van der Waals surface area contributed by atoms with Crippen LogP contribution in [0.1, 0.15) is 31.2 Å². The van der Waals surface area contributed by atoms with E-state index in [1.165, 1.54) is 12.8 Å². The van der Waals surface area contributed by atoms with Crippen LogP contribution in [0.2, 0.25) is 0 Å². The molecule has 0 amide bonds. The van der Waals surface area contributed by atoms with E-state index < -0.39 is 0 Å². The van der Waals surface area contributed by atoms with Gasteiger partial charge in [-0.1, -0.05) is 12.1 Å². The van der Waals surface area contributed by atoms with Gasteiger partial charge in [-0.25, -0.2) is 4.99 Å². The van der Waals surface area contributed by atoms with Gasteiger partial charge in [-0.05, 0) is 31.7 Å². The molecule has 0 radical (unpaired) electrons. The van der Waals surface area contributed by atoms with Crippen LogP contribution in [0.4, 0.5) is 0 Å². The Hall–Kier alpha value is -1.56. The molecule has 132 valence electrons. The third-order valence-corrected chi connectivity index (χ3v) is 5.56. The number of guanidine groups is 1. The van der Waals surface area contributed by atoms with E-state index in [2.05, 4.69) is 16.0 Å². The lowest BCUT2D eigenvalue weighted by Crippen LogP contribution is -2.42. The third kappa shape index (κ3) is 4.29. The smallest absolute Gasteiger partial charge is 0.191 e. The molecule has 3 rings (SSSR count). The standard InChI is InChI=1S/C18H27N3O2S/c1-22-16-8-4-5-14(17(16)23-15-6-2-3-7-15)13-20-18(19)21-9-11-24-12-10-21/h4-5,8,15H,2-3,6-7,9-13H2,1H3,(H2,19,20). The highest BCUT2D eigenvalue weighted by molar-refractivity contribution is 7.99. The number of thioether (sulfide) groups is 1. The number of rotatable bonds is 5. The predicted octanol–water partition coefficient (Wildman–Crippen LogP) is 2.88. The number of ether oxygens (including phenoxy) is 2. The maximum atomic E-state index is 6.25. The summed E-state index contributed by atoms with van der Waals surface area (Å²) in [5.41, 5.74) is 7.21. The number of methoxy groups -OCH3 is 1. The van der Waals surface area contributed by atoms with E-state index in [1.807, 2.05) is 23.9 Å². The van der Waals surface area contributed by atoms with Gasteiger partial charge >= 0.3 is 0 Å². The first-order valence-electron chi connectivity index (χ1n) is 8.73. The van der Waals surface area contributed by atoms with E-state index in [0.29, 0.717) is 18.6 Å². The molecule has 2 aliphatic rings. The molecular formula is C18H27N3O2S. The van der Waals surface area contributed by atoms with Gasteiger partial charge in [-0.2, -0.15) is 11.8 Å². The van der Waals surface area contributed by atoms with Gasteiger partial charge in [-0.3, -0.25) is 0 Å². The number of nitrogens with zero attached hydrogens (tertiary/aromatic N) is 2. The average Bonchev–Trinajstić information content (AvgIpc) is 3.14. The molecule has 2 N–H and O–H groups in total. The van der Waals surface area contributed by atoms with Crippen LogP contribution in [-0.2, 0) is 6.54 Å². The molecule has 0 spiro atoms. The highest BCUT2D eigenvalue weighted by Gasteiger charge is 2.20. The number of para-hydroxylation sites is 1. The Bertz CT molecular complexity index is 567. The lowest BCUT2D eigenvalue weighted by Gasteiger charge is -2.27. The van der Waals surface area contributed by atoms with Crippen molar-refractivity contribution in [3.05, 3.63) is 23.8 Å². The lowest BCUT2D eigenvalue weighted by molar-refractivity contribution is 0.198. The Morgan fingerprint density at radius 2 is 2.04 bits per heavy atom. The van der Waals surface area contributed by atoms with E-state index in [0.717, 1.165) is 54.5 Å². The summed E-state index contributed by atoms with van der Waals surface area (Å²) >= 11 is 1.97. The molecule has 5 nitrogen and oxygen atoms in total. The van der Waals surface area contributed by atoms with Crippen LogP contribution in [0.25, 0.3) is 0 Å². The summed E-state index contributed by atoms with van der Waals surface area (Å²) in [4.78, 5) is 6.77. The first kappa shape index (κ1) is 17.3. The normalized spacial score (nSPS) is 19.5. The zero-order valence-corrected chi connectivity index (χ0v) is 15.2. The molecule has 2 fully saturated rings. The van der Waals surface area contributed by atoms with Gasteiger partial charge in [0.05, 0.1) is 19.8 Å². The molecule has 1 aromatic carbocycles. The Balaban J connectivity index is 1.73. The second kappa shape index (κ2) is 8.51. The maximum absolute atomic E-state index is 6.25. The van der Waals surface area contributed by atoms with Crippen LogP contribution >= 0.6 is 11.8 Å². The van der Waals surface area contributed by atoms with Gasteiger partial charge in [0.15, 0.2) is 17.5 Å². The SMILES string of the molecule is COc1cccc(CN=C(N)N2CCSCC2)c1OC1CCCC1. The molecule has 6 heteroatoms. The minimum atomic E-state index is 0.292. The Labute approximate surface area is 148 Å². The summed E-state index contributed by atoms with van der Waals surface area (Å²) in [5, 5.41) is 0. The minimum Gasteiger partial charge on any atom is -0.493 e. The van der Waals surface area contributed by atoms with Crippen LogP contribution in [0.15, 0.2) is 23.2 Å². The molecule has 24 heavy (non-hydrogen) atoms. The van der Waals surface area contributed by atoms with E-state index in [9.17, 15) is 0 Å². The minimum absolute atomic E-state index is 0.292. The Kier molecular flexibility index (Phi) is 6.12. The highest BCUT2D eigenvalue weighted by atomic mass is 32.2. The summed E-state index contributed by atoms with van der Waals surface area (Å²) in [7, 11) is 1.68. The molecule has 0 bridgehead atoms. The van der Waals surface area contributed by atoms with Crippen LogP contribution in [0, 0.1) is 0 Å². The van der Waals surface area contributed by atoms with Gasteiger partial charge in [0.25, 0.3) is 0 Å². The summed E-state index contributed by atoms with van der Waals surface area (Å²) in [6.07, 6.45) is 5.02. The zero-order chi connectivity index (χ0) is 16.8. The molecule has 1 aliphatic carbocycles.